The summed E-state index contributed by atoms with van der Waals surface area (Å²) in [6, 6.07) is 22.1. The van der Waals surface area contributed by atoms with E-state index in [1.54, 1.807) is 0 Å². The van der Waals surface area contributed by atoms with Gasteiger partial charge in [-0.1, -0.05) is 73.5 Å². The lowest BCUT2D eigenvalue weighted by molar-refractivity contribution is 0.104. The largest absolute Gasteiger partial charge is 0.330 e. The molecule has 2 unspecified atom stereocenters. The van der Waals surface area contributed by atoms with Crippen molar-refractivity contribution < 1.29 is 0 Å². The normalized spacial score (nSPS) is 23.7. The van der Waals surface area contributed by atoms with Gasteiger partial charge in [-0.3, -0.25) is 0 Å². The SMILES string of the molecule is NCCC1CCCC(CCN)(C(c2ccccc2)c2ccccc2)C1. The second-order valence-corrected chi connectivity index (χ2v) is 7.70. The lowest BCUT2D eigenvalue weighted by atomic mass is 9.57. The van der Waals surface area contributed by atoms with Crippen LogP contribution in [0, 0.1) is 11.3 Å². The molecule has 0 saturated heterocycles. The van der Waals surface area contributed by atoms with Crippen molar-refractivity contribution in [3.05, 3.63) is 71.8 Å². The van der Waals surface area contributed by atoms with E-state index in [1.165, 1.54) is 36.8 Å². The Labute approximate surface area is 152 Å². The molecule has 1 saturated carbocycles. The van der Waals surface area contributed by atoms with E-state index in [0.717, 1.165) is 31.8 Å². The minimum atomic E-state index is 0.246. The smallest absolute Gasteiger partial charge is 0.0146 e. The number of benzene rings is 2. The standard InChI is InChI=1S/C23H32N2/c24-16-13-19-8-7-14-23(18-19,15-17-25)22(20-9-3-1-4-10-20)21-11-5-2-6-12-21/h1-6,9-12,19,22H,7-8,13-18,24-25H2. The van der Waals surface area contributed by atoms with Crippen LogP contribution in [0.4, 0.5) is 0 Å². The van der Waals surface area contributed by atoms with Crippen LogP contribution in [0.15, 0.2) is 60.7 Å². The molecule has 0 heterocycles. The maximum Gasteiger partial charge on any atom is 0.0146 e. The first-order chi connectivity index (χ1) is 12.3. The van der Waals surface area contributed by atoms with Crippen molar-refractivity contribution in [1.29, 1.82) is 0 Å². The molecule has 134 valence electrons. The van der Waals surface area contributed by atoms with Crippen LogP contribution in [0.25, 0.3) is 0 Å². The summed E-state index contributed by atoms with van der Waals surface area (Å²) in [4.78, 5) is 0. The third kappa shape index (κ3) is 4.13. The van der Waals surface area contributed by atoms with Gasteiger partial charge >= 0.3 is 0 Å². The Morgan fingerprint density at radius 3 is 2.00 bits per heavy atom. The molecule has 2 atom stereocenters. The van der Waals surface area contributed by atoms with E-state index in [0.29, 0.717) is 5.92 Å². The highest BCUT2D eigenvalue weighted by molar-refractivity contribution is 5.35. The van der Waals surface area contributed by atoms with E-state index < -0.39 is 0 Å². The van der Waals surface area contributed by atoms with Crippen LogP contribution < -0.4 is 11.5 Å². The summed E-state index contributed by atoms with van der Waals surface area (Å²) >= 11 is 0. The minimum absolute atomic E-state index is 0.246. The number of rotatable bonds is 7. The third-order valence-electron chi connectivity index (χ3n) is 6.08. The third-order valence-corrected chi connectivity index (χ3v) is 6.08. The first-order valence-electron chi connectivity index (χ1n) is 9.79. The molecule has 25 heavy (non-hydrogen) atoms. The highest BCUT2D eigenvalue weighted by Gasteiger charge is 2.43. The Morgan fingerprint density at radius 2 is 1.48 bits per heavy atom. The second kappa shape index (κ2) is 8.64. The highest BCUT2D eigenvalue weighted by atomic mass is 14.6. The molecular formula is C23H32N2. The molecule has 2 nitrogen and oxygen atoms in total. The lowest BCUT2D eigenvalue weighted by Crippen LogP contribution is -2.37. The Balaban J connectivity index is 2.04. The van der Waals surface area contributed by atoms with Crippen molar-refractivity contribution >= 4 is 0 Å². The van der Waals surface area contributed by atoms with Crippen molar-refractivity contribution in [3.8, 4) is 0 Å². The van der Waals surface area contributed by atoms with Crippen molar-refractivity contribution in [3.63, 3.8) is 0 Å². The summed E-state index contributed by atoms with van der Waals surface area (Å²) in [5, 5.41) is 0. The van der Waals surface area contributed by atoms with E-state index in [-0.39, 0.29) is 5.41 Å². The summed E-state index contributed by atoms with van der Waals surface area (Å²) in [6.07, 6.45) is 7.35. The fraction of sp³-hybridized carbons (Fsp3) is 0.478. The summed E-state index contributed by atoms with van der Waals surface area (Å²) in [7, 11) is 0. The van der Waals surface area contributed by atoms with Crippen LogP contribution in [0.5, 0.6) is 0 Å². The maximum atomic E-state index is 6.13. The van der Waals surface area contributed by atoms with Gasteiger partial charge in [0.05, 0.1) is 0 Å². The van der Waals surface area contributed by atoms with Crippen molar-refractivity contribution in [2.45, 2.75) is 44.4 Å². The average Bonchev–Trinajstić information content (AvgIpc) is 2.64. The van der Waals surface area contributed by atoms with Crippen LogP contribution >= 0.6 is 0 Å². The Morgan fingerprint density at radius 1 is 0.880 bits per heavy atom. The fourth-order valence-electron chi connectivity index (χ4n) is 5.12. The zero-order valence-electron chi connectivity index (χ0n) is 15.2. The number of nitrogens with two attached hydrogens (primary N) is 2. The zero-order chi connectivity index (χ0) is 17.5. The highest BCUT2D eigenvalue weighted by Crippen LogP contribution is 2.54. The molecule has 4 N–H and O–H groups in total. The molecule has 0 aliphatic heterocycles. The maximum absolute atomic E-state index is 6.13. The zero-order valence-corrected chi connectivity index (χ0v) is 15.2. The van der Waals surface area contributed by atoms with Crippen LogP contribution in [0.3, 0.4) is 0 Å². The topological polar surface area (TPSA) is 52.0 Å². The molecule has 0 aromatic heterocycles. The monoisotopic (exact) mass is 336 g/mol. The van der Waals surface area contributed by atoms with E-state index in [2.05, 4.69) is 60.7 Å². The molecule has 1 fully saturated rings. The van der Waals surface area contributed by atoms with Gasteiger partial charge in [0.15, 0.2) is 0 Å². The van der Waals surface area contributed by atoms with Gasteiger partial charge in [0.2, 0.25) is 0 Å². The molecule has 1 aliphatic rings. The molecule has 2 heteroatoms. The summed E-state index contributed by atoms with van der Waals surface area (Å²) in [5.74, 6) is 1.15. The first-order valence-corrected chi connectivity index (χ1v) is 9.79. The summed E-state index contributed by atoms with van der Waals surface area (Å²) in [6.45, 7) is 1.55. The fourth-order valence-corrected chi connectivity index (χ4v) is 5.12. The molecule has 2 aromatic carbocycles. The molecule has 0 spiro atoms. The molecule has 3 rings (SSSR count). The first kappa shape index (κ1) is 18.2. The van der Waals surface area contributed by atoms with Crippen molar-refractivity contribution in [2.24, 2.45) is 22.8 Å². The van der Waals surface area contributed by atoms with Gasteiger partial charge in [-0.05, 0) is 61.2 Å². The van der Waals surface area contributed by atoms with Crippen LogP contribution in [0.2, 0.25) is 0 Å². The predicted molar refractivity (Wildman–Crippen MR) is 106 cm³/mol. The van der Waals surface area contributed by atoms with E-state index in [9.17, 15) is 0 Å². The second-order valence-electron chi connectivity index (χ2n) is 7.70. The minimum Gasteiger partial charge on any atom is -0.330 e. The van der Waals surface area contributed by atoms with Gasteiger partial charge in [-0.2, -0.15) is 0 Å². The molecule has 2 aromatic rings. The molecule has 0 radical (unpaired) electrons. The van der Waals surface area contributed by atoms with E-state index in [1.807, 2.05) is 0 Å². The summed E-state index contributed by atoms with van der Waals surface area (Å²) in [5.41, 5.74) is 15.1. The average molecular weight is 337 g/mol. The molecule has 0 bridgehead atoms. The van der Waals surface area contributed by atoms with Gasteiger partial charge < -0.3 is 11.5 Å². The summed E-state index contributed by atoms with van der Waals surface area (Å²) < 4.78 is 0. The van der Waals surface area contributed by atoms with Crippen molar-refractivity contribution in [1.82, 2.24) is 0 Å². The van der Waals surface area contributed by atoms with Gasteiger partial charge in [0.1, 0.15) is 0 Å². The van der Waals surface area contributed by atoms with Gasteiger partial charge in [-0.25, -0.2) is 0 Å². The van der Waals surface area contributed by atoms with Crippen LogP contribution in [0.1, 0.15) is 55.6 Å². The van der Waals surface area contributed by atoms with Crippen LogP contribution in [-0.2, 0) is 0 Å². The Kier molecular flexibility index (Phi) is 6.28. The molecular weight excluding hydrogens is 304 g/mol. The Bertz CT molecular complexity index is 580. The predicted octanol–water partition coefficient (Wildman–Crippen LogP) is 4.69. The number of hydrogen-bond donors (Lipinski definition) is 2. The lowest BCUT2D eigenvalue weighted by Gasteiger charge is -2.47. The van der Waals surface area contributed by atoms with E-state index >= 15 is 0 Å². The van der Waals surface area contributed by atoms with Crippen molar-refractivity contribution in [2.75, 3.05) is 13.1 Å². The van der Waals surface area contributed by atoms with Gasteiger partial charge in [0, 0.05) is 5.92 Å². The number of hydrogen-bond acceptors (Lipinski definition) is 2. The van der Waals surface area contributed by atoms with Gasteiger partial charge in [0.25, 0.3) is 0 Å². The van der Waals surface area contributed by atoms with Gasteiger partial charge in [-0.15, -0.1) is 0 Å². The van der Waals surface area contributed by atoms with E-state index in [4.69, 9.17) is 11.5 Å². The molecule has 0 amide bonds. The molecule has 1 aliphatic carbocycles. The Hall–Kier alpha value is -1.64. The quantitative estimate of drug-likeness (QED) is 0.770. The van der Waals surface area contributed by atoms with Crippen LogP contribution in [-0.4, -0.2) is 13.1 Å².